The van der Waals surface area contributed by atoms with Crippen molar-refractivity contribution in [2.45, 2.75) is 36.0 Å². The smallest absolute Gasteiger partial charge is 0.206 e. The van der Waals surface area contributed by atoms with E-state index in [1.807, 2.05) is 35.6 Å². The number of benzene rings is 5. The van der Waals surface area contributed by atoms with Crippen molar-refractivity contribution in [2.24, 2.45) is 0 Å². The molecule has 0 saturated carbocycles. The van der Waals surface area contributed by atoms with E-state index in [9.17, 15) is 8.42 Å². The van der Waals surface area contributed by atoms with E-state index >= 15 is 0 Å². The second-order valence-corrected chi connectivity index (χ2v) is 14.0. The first-order valence-corrected chi connectivity index (χ1v) is 16.5. The fourth-order valence-corrected chi connectivity index (χ4v) is 8.77. The number of fused-ring (bicyclic) bond motifs is 3. The van der Waals surface area contributed by atoms with E-state index in [1.54, 1.807) is 24.3 Å². The van der Waals surface area contributed by atoms with Crippen molar-refractivity contribution in [3.63, 3.8) is 0 Å². The quantitative estimate of drug-likeness (QED) is 0.203. The molecule has 5 aromatic carbocycles. The Morgan fingerprint density at radius 3 is 2.07 bits per heavy atom. The second kappa shape index (κ2) is 10.5. The Kier molecular flexibility index (Phi) is 6.69. The predicted molar refractivity (Wildman–Crippen MR) is 176 cm³/mol. The normalized spacial score (nSPS) is 14.7. The average molecular weight is 583 g/mol. The van der Waals surface area contributed by atoms with Gasteiger partial charge in [0.1, 0.15) is 0 Å². The Hall–Kier alpha value is -4.25. The summed E-state index contributed by atoms with van der Waals surface area (Å²) in [4.78, 5) is 1.98. The third-order valence-corrected chi connectivity index (χ3v) is 11.6. The molecule has 0 N–H and O–H groups in total. The molecule has 0 aliphatic heterocycles. The van der Waals surface area contributed by atoms with E-state index in [1.165, 1.54) is 42.8 Å². The van der Waals surface area contributed by atoms with Gasteiger partial charge in [0.2, 0.25) is 9.84 Å². The zero-order valence-electron chi connectivity index (χ0n) is 23.5. The molecule has 1 aliphatic rings. The van der Waals surface area contributed by atoms with Crippen LogP contribution in [-0.2, 0) is 9.84 Å². The minimum atomic E-state index is -3.64. The van der Waals surface area contributed by atoms with Gasteiger partial charge >= 0.3 is 0 Å². The third-order valence-electron chi connectivity index (χ3n) is 8.47. The van der Waals surface area contributed by atoms with Crippen LogP contribution in [0.25, 0.3) is 38.4 Å². The van der Waals surface area contributed by atoms with Crippen LogP contribution in [0.1, 0.15) is 39.5 Å². The molecule has 0 bridgehead atoms. The van der Waals surface area contributed by atoms with Crippen molar-refractivity contribution in [3.05, 3.63) is 148 Å². The highest BCUT2D eigenvalue weighted by Crippen LogP contribution is 2.44. The first kappa shape index (κ1) is 26.6. The van der Waals surface area contributed by atoms with Gasteiger partial charge < -0.3 is 0 Å². The number of allylic oxidation sites excluding steroid dienone is 1. The van der Waals surface area contributed by atoms with Crippen molar-refractivity contribution in [2.75, 3.05) is 0 Å². The lowest BCUT2D eigenvalue weighted by molar-refractivity contribution is 0.596. The minimum Gasteiger partial charge on any atom is -0.219 e. The van der Waals surface area contributed by atoms with Crippen molar-refractivity contribution in [1.29, 1.82) is 0 Å². The van der Waals surface area contributed by atoms with E-state index in [4.69, 9.17) is 0 Å². The lowest BCUT2D eigenvalue weighted by Crippen LogP contribution is -2.05. The molecular formula is C38H30O2S2. The molecule has 1 unspecified atom stereocenters. The van der Waals surface area contributed by atoms with Crippen LogP contribution in [0.5, 0.6) is 0 Å². The minimum absolute atomic E-state index is 0.233. The van der Waals surface area contributed by atoms with Crippen molar-refractivity contribution < 1.29 is 8.42 Å². The topological polar surface area (TPSA) is 34.1 Å². The molecule has 0 amide bonds. The van der Waals surface area contributed by atoms with Crippen molar-refractivity contribution in [1.82, 2.24) is 0 Å². The Balaban J connectivity index is 1.16. The van der Waals surface area contributed by atoms with Crippen molar-refractivity contribution >= 4 is 37.3 Å². The van der Waals surface area contributed by atoms with Gasteiger partial charge in [0.25, 0.3) is 0 Å². The van der Waals surface area contributed by atoms with Gasteiger partial charge in [-0.15, -0.1) is 11.3 Å². The highest BCUT2D eigenvalue weighted by Gasteiger charge is 2.24. The molecule has 1 aromatic heterocycles. The summed E-state index contributed by atoms with van der Waals surface area (Å²) in [6.07, 6.45) is 5.38. The molecule has 0 spiro atoms. The largest absolute Gasteiger partial charge is 0.219 e. The molecule has 1 atom stereocenters. The standard InChI is InChI=1S/C38H30O2S2/c1-25-9-3-4-10-31(25)33-13-7-12-32(26(33)2)27-17-21-29(22-18-27)42(39,40)30-23-19-28(20-24-30)34-14-8-15-36-35-11-5-6-16-37(35)41-38(34)36/h3-13,15-24,34H,14H2,1-2H3. The lowest BCUT2D eigenvalue weighted by atomic mass is 9.87. The Labute approximate surface area is 251 Å². The van der Waals surface area contributed by atoms with Gasteiger partial charge in [-0.05, 0) is 100 Å². The molecule has 2 nitrogen and oxygen atoms in total. The molecule has 6 aromatic rings. The zero-order chi connectivity index (χ0) is 28.8. The van der Waals surface area contributed by atoms with Crippen LogP contribution >= 0.6 is 11.3 Å². The van der Waals surface area contributed by atoms with Gasteiger partial charge in [-0.2, -0.15) is 0 Å². The van der Waals surface area contributed by atoms with E-state index in [0.717, 1.165) is 23.1 Å². The molecule has 4 heteroatoms. The van der Waals surface area contributed by atoms with Crippen LogP contribution < -0.4 is 0 Å². The molecule has 0 radical (unpaired) electrons. The zero-order valence-corrected chi connectivity index (χ0v) is 25.2. The van der Waals surface area contributed by atoms with Crippen LogP contribution in [-0.4, -0.2) is 8.42 Å². The number of rotatable bonds is 5. The van der Waals surface area contributed by atoms with Gasteiger partial charge in [-0.1, -0.05) is 97.1 Å². The van der Waals surface area contributed by atoms with E-state index in [-0.39, 0.29) is 5.92 Å². The summed E-state index contributed by atoms with van der Waals surface area (Å²) in [5.41, 5.74) is 9.36. The number of hydrogen-bond acceptors (Lipinski definition) is 3. The van der Waals surface area contributed by atoms with E-state index in [2.05, 4.69) is 92.7 Å². The molecule has 7 rings (SSSR count). The SMILES string of the molecule is Cc1ccccc1-c1cccc(-c2ccc(S(=O)(=O)c3ccc(C4CC=Cc5c4sc4ccccc54)cc3)cc2)c1C. The molecular weight excluding hydrogens is 553 g/mol. The molecule has 0 fully saturated rings. The first-order valence-electron chi connectivity index (χ1n) is 14.2. The maximum atomic E-state index is 13.6. The summed E-state index contributed by atoms with van der Waals surface area (Å²) in [5.74, 6) is 0.233. The Bertz CT molecular complexity index is 2080. The Morgan fingerprint density at radius 1 is 0.667 bits per heavy atom. The summed E-state index contributed by atoms with van der Waals surface area (Å²) < 4.78 is 28.5. The highest BCUT2D eigenvalue weighted by molar-refractivity contribution is 7.91. The third kappa shape index (κ3) is 4.52. The molecule has 1 aliphatic carbocycles. The van der Waals surface area contributed by atoms with Gasteiger partial charge in [-0.25, -0.2) is 8.42 Å². The summed E-state index contributed by atoms with van der Waals surface area (Å²) in [6, 6.07) is 38.0. The average Bonchev–Trinajstić information content (AvgIpc) is 3.41. The monoisotopic (exact) mass is 582 g/mol. The molecule has 1 heterocycles. The van der Waals surface area contributed by atoms with Crippen molar-refractivity contribution in [3.8, 4) is 22.3 Å². The predicted octanol–water partition coefficient (Wildman–Crippen LogP) is 10.2. The van der Waals surface area contributed by atoms with Gasteiger partial charge in [-0.3, -0.25) is 0 Å². The summed E-state index contributed by atoms with van der Waals surface area (Å²) in [5, 5.41) is 1.29. The first-order chi connectivity index (χ1) is 20.4. The van der Waals surface area contributed by atoms with Gasteiger partial charge in [0.05, 0.1) is 9.79 Å². The summed E-state index contributed by atoms with van der Waals surface area (Å²) in [6.45, 7) is 4.26. The number of thiophene rings is 1. The Morgan fingerprint density at radius 2 is 1.31 bits per heavy atom. The molecule has 42 heavy (non-hydrogen) atoms. The summed E-state index contributed by atoms with van der Waals surface area (Å²) >= 11 is 1.84. The van der Waals surface area contributed by atoms with Gasteiger partial charge in [0.15, 0.2) is 0 Å². The van der Waals surface area contributed by atoms with Crippen LogP contribution in [0.3, 0.4) is 0 Å². The fourth-order valence-electron chi connectivity index (χ4n) is 6.18. The summed E-state index contributed by atoms with van der Waals surface area (Å²) in [7, 11) is -3.64. The maximum Gasteiger partial charge on any atom is 0.206 e. The van der Waals surface area contributed by atoms with Crippen LogP contribution in [0, 0.1) is 13.8 Å². The molecule has 206 valence electrons. The van der Waals surface area contributed by atoms with Gasteiger partial charge in [0, 0.05) is 15.5 Å². The van der Waals surface area contributed by atoms with Crippen LogP contribution in [0.15, 0.2) is 131 Å². The second-order valence-electron chi connectivity index (χ2n) is 11.0. The van der Waals surface area contributed by atoms with Crippen LogP contribution in [0.2, 0.25) is 0 Å². The molecule has 0 saturated heterocycles. The number of aryl methyl sites for hydroxylation is 1. The fraction of sp³-hybridized carbons (Fsp3) is 0.105. The maximum absolute atomic E-state index is 13.6. The highest BCUT2D eigenvalue weighted by atomic mass is 32.2. The van der Waals surface area contributed by atoms with E-state index < -0.39 is 9.84 Å². The lowest BCUT2D eigenvalue weighted by Gasteiger charge is -2.19. The van der Waals surface area contributed by atoms with Crippen LogP contribution in [0.4, 0.5) is 0 Å². The van der Waals surface area contributed by atoms with E-state index in [0.29, 0.717) is 9.79 Å². The number of sulfone groups is 1. The number of hydrogen-bond donors (Lipinski definition) is 0.